The number of nitrogens with zero attached hydrogens (tertiary/aromatic N) is 8. The number of hydrogen-bond donors (Lipinski definition) is 2. The van der Waals surface area contributed by atoms with Gasteiger partial charge in [0.15, 0.2) is 17.7 Å². The maximum Gasteiger partial charge on any atom is 0.398 e. The van der Waals surface area contributed by atoms with Crippen molar-refractivity contribution in [2.24, 2.45) is 12.8 Å². The number of hydrogen-bond acceptors (Lipinski definition) is 11. The molecular formula is C46H48F2N10O6. The minimum atomic E-state index is -1.23. The van der Waals surface area contributed by atoms with E-state index in [4.69, 9.17) is 20.3 Å². The summed E-state index contributed by atoms with van der Waals surface area (Å²) >= 11 is 0. The molecule has 9 rings (SSSR count). The molecule has 18 heteroatoms. The van der Waals surface area contributed by atoms with E-state index in [-0.39, 0.29) is 31.2 Å². The summed E-state index contributed by atoms with van der Waals surface area (Å²) in [6, 6.07) is 19.2. The number of nitrogens with two attached hydrogens (primary N) is 1. The van der Waals surface area contributed by atoms with Gasteiger partial charge in [-0.25, -0.2) is 27.9 Å². The largest absolute Gasteiger partial charge is 0.436 e. The van der Waals surface area contributed by atoms with Crippen LogP contribution >= 0.6 is 0 Å². The van der Waals surface area contributed by atoms with Gasteiger partial charge in [0.1, 0.15) is 17.7 Å². The molecule has 0 radical (unpaired) electrons. The lowest BCUT2D eigenvalue weighted by molar-refractivity contribution is -0.242. The lowest BCUT2D eigenvalue weighted by atomic mass is 9.88. The highest BCUT2D eigenvalue weighted by Crippen LogP contribution is 2.35. The normalized spacial score (nSPS) is 19.0. The molecule has 0 saturated carbocycles. The van der Waals surface area contributed by atoms with Gasteiger partial charge >= 0.3 is 17.9 Å². The molecule has 0 spiro atoms. The number of likely N-dealkylation sites (tertiary alicyclic amines) is 2. The van der Waals surface area contributed by atoms with E-state index in [1.165, 1.54) is 22.6 Å². The van der Waals surface area contributed by atoms with E-state index in [1.807, 2.05) is 40.0 Å². The Morgan fingerprint density at radius 1 is 0.891 bits per heavy atom. The Labute approximate surface area is 366 Å². The second kappa shape index (κ2) is 16.8. The van der Waals surface area contributed by atoms with Gasteiger partial charge in [0.05, 0.1) is 22.5 Å². The monoisotopic (exact) mass is 874 g/mol. The number of rotatable bonds is 10. The fraction of sp³-hybridized carbons (Fsp3) is 0.370. The first-order valence-electron chi connectivity index (χ1n) is 21.2. The van der Waals surface area contributed by atoms with Crippen molar-refractivity contribution in [1.82, 2.24) is 39.5 Å². The molecule has 3 aliphatic rings. The van der Waals surface area contributed by atoms with E-state index in [1.54, 1.807) is 50.6 Å². The summed E-state index contributed by atoms with van der Waals surface area (Å²) in [5.41, 5.74) is 10.3. The molecule has 2 atom stereocenters. The van der Waals surface area contributed by atoms with Gasteiger partial charge < -0.3 is 15.2 Å². The molecule has 332 valence electrons. The number of urea groups is 1. The standard InChI is InChI=1S/C46H48F2N10O6/c1-46(2,3)64-38-25-56(43(38)63-44(61)41(49)60)24-31-8-6-29(20-34(31)48)36-11-15-50-39-22-35(52-58(36)39)28-5-7-30(33(47)19-28)23-55-16-12-26(13-17-55)27-9-10-32-37(21-27)54(4)53-42(32)57-18-14-40(59)51-45(57)62/h5-11,15,19-22,26,38,43H,12-14,16-18,23-25H2,1-4H3,(H2,49,60)(H,51,59,62). The predicted octanol–water partition coefficient (Wildman–Crippen LogP) is 5.41. The zero-order chi connectivity index (χ0) is 45.0. The van der Waals surface area contributed by atoms with Gasteiger partial charge in [0.2, 0.25) is 5.91 Å². The van der Waals surface area contributed by atoms with E-state index < -0.39 is 41.7 Å². The second-order valence-electron chi connectivity index (χ2n) is 17.6. The molecule has 64 heavy (non-hydrogen) atoms. The van der Waals surface area contributed by atoms with Gasteiger partial charge in [-0.15, -0.1) is 0 Å². The molecule has 3 fully saturated rings. The van der Waals surface area contributed by atoms with Crippen LogP contribution in [0.4, 0.5) is 19.4 Å². The molecule has 16 nitrogen and oxygen atoms in total. The number of anilines is 1. The molecular weight excluding hydrogens is 827 g/mol. The van der Waals surface area contributed by atoms with Gasteiger partial charge in [0, 0.05) is 79.6 Å². The Morgan fingerprint density at radius 2 is 1.61 bits per heavy atom. The van der Waals surface area contributed by atoms with Gasteiger partial charge in [-0.05, 0) is 88.5 Å². The Hall–Kier alpha value is -6.63. The number of amides is 4. The number of nitrogens with one attached hydrogen (secondary N) is 1. The molecule has 2 unspecified atom stereocenters. The van der Waals surface area contributed by atoms with E-state index in [9.17, 15) is 19.2 Å². The number of carbonyl (C=O) groups is 4. The van der Waals surface area contributed by atoms with Gasteiger partial charge in [-0.2, -0.15) is 10.2 Å². The quantitative estimate of drug-likeness (QED) is 0.133. The third-order valence-electron chi connectivity index (χ3n) is 12.1. The average Bonchev–Trinajstić information content (AvgIpc) is 3.84. The highest BCUT2D eigenvalue weighted by Gasteiger charge is 2.45. The number of aryl methyl sites for hydroxylation is 1. The summed E-state index contributed by atoms with van der Waals surface area (Å²) in [5.74, 6) is -2.69. The number of primary amides is 1. The van der Waals surface area contributed by atoms with E-state index >= 15 is 8.78 Å². The van der Waals surface area contributed by atoms with Gasteiger partial charge in [-0.3, -0.25) is 34.3 Å². The molecule has 0 aliphatic carbocycles. The molecule has 0 bridgehead atoms. The number of ether oxygens (including phenoxy) is 2. The van der Waals surface area contributed by atoms with Crippen molar-refractivity contribution in [3.8, 4) is 22.5 Å². The summed E-state index contributed by atoms with van der Waals surface area (Å²) in [7, 11) is 1.85. The number of carbonyl (C=O) groups excluding carboxylic acids is 4. The van der Waals surface area contributed by atoms with Gasteiger partial charge in [-0.1, -0.05) is 30.3 Å². The van der Waals surface area contributed by atoms with E-state index in [2.05, 4.69) is 32.4 Å². The number of esters is 1. The van der Waals surface area contributed by atoms with Crippen LogP contribution in [0.25, 0.3) is 39.1 Å². The highest BCUT2D eigenvalue weighted by atomic mass is 19.1. The lowest BCUT2D eigenvalue weighted by Crippen LogP contribution is -2.64. The molecule has 3 aliphatic heterocycles. The van der Waals surface area contributed by atoms with Crippen LogP contribution in [0, 0.1) is 11.6 Å². The van der Waals surface area contributed by atoms with Crippen LogP contribution in [0.3, 0.4) is 0 Å². The first-order valence-corrected chi connectivity index (χ1v) is 21.2. The number of benzene rings is 3. The Morgan fingerprint density at radius 3 is 2.31 bits per heavy atom. The first-order chi connectivity index (χ1) is 30.6. The van der Waals surface area contributed by atoms with Crippen LogP contribution in [0.5, 0.6) is 0 Å². The van der Waals surface area contributed by atoms with Crippen molar-refractivity contribution in [3.05, 3.63) is 101 Å². The summed E-state index contributed by atoms with van der Waals surface area (Å²) in [6.07, 6.45) is 2.20. The smallest absolute Gasteiger partial charge is 0.398 e. The number of halogens is 2. The SMILES string of the molecule is Cn1nc(N2CCC(=O)NC2=O)c2ccc(C3CCN(Cc4ccc(-c5cc6nccc(-c7ccc(CN8CC(OC(C)(C)C)C8OC(=O)C(N)=O)c(F)c7)n6n5)cc4F)CC3)cc21. The highest BCUT2D eigenvalue weighted by molar-refractivity contribution is 6.31. The van der Waals surface area contributed by atoms with Crippen LogP contribution in [0.15, 0.2) is 72.9 Å². The Bertz CT molecular complexity index is 2830. The van der Waals surface area contributed by atoms with Crippen LogP contribution in [-0.2, 0) is 44.0 Å². The minimum Gasteiger partial charge on any atom is -0.436 e. The minimum absolute atomic E-state index is 0.0875. The molecule has 6 aromatic rings. The predicted molar refractivity (Wildman–Crippen MR) is 231 cm³/mol. The Balaban J connectivity index is 0.843. The van der Waals surface area contributed by atoms with Crippen LogP contribution in [0.2, 0.25) is 0 Å². The number of imide groups is 1. The third kappa shape index (κ3) is 8.55. The van der Waals surface area contributed by atoms with E-state index in [0.717, 1.165) is 36.8 Å². The summed E-state index contributed by atoms with van der Waals surface area (Å²) in [5, 5.41) is 12.6. The third-order valence-corrected chi connectivity index (χ3v) is 12.1. The topological polar surface area (TPSA) is 183 Å². The van der Waals surface area contributed by atoms with Crippen molar-refractivity contribution in [3.63, 3.8) is 0 Å². The molecule has 4 amide bonds. The maximum absolute atomic E-state index is 15.8. The fourth-order valence-corrected chi connectivity index (χ4v) is 8.83. The summed E-state index contributed by atoms with van der Waals surface area (Å²) in [6.45, 7) is 8.35. The molecule has 3 saturated heterocycles. The number of fused-ring (bicyclic) bond motifs is 2. The fourth-order valence-electron chi connectivity index (χ4n) is 8.83. The molecule has 6 heterocycles. The van der Waals surface area contributed by atoms with Crippen LogP contribution < -0.4 is 16.0 Å². The number of aromatic nitrogens is 5. The number of piperidine rings is 1. The Kier molecular flexibility index (Phi) is 11.2. The lowest BCUT2D eigenvalue weighted by Gasteiger charge is -2.48. The maximum atomic E-state index is 15.8. The average molecular weight is 875 g/mol. The van der Waals surface area contributed by atoms with Crippen LogP contribution in [0.1, 0.15) is 62.6 Å². The zero-order valence-corrected chi connectivity index (χ0v) is 35.9. The van der Waals surface area contributed by atoms with Gasteiger partial charge in [0.25, 0.3) is 0 Å². The first kappa shape index (κ1) is 42.7. The van der Waals surface area contributed by atoms with Crippen molar-refractivity contribution in [2.75, 3.05) is 31.1 Å². The van der Waals surface area contributed by atoms with Crippen molar-refractivity contribution in [1.29, 1.82) is 0 Å². The second-order valence-corrected chi connectivity index (χ2v) is 17.6. The van der Waals surface area contributed by atoms with E-state index in [0.29, 0.717) is 64.1 Å². The summed E-state index contributed by atoms with van der Waals surface area (Å²) < 4.78 is 46.2. The van der Waals surface area contributed by atoms with Crippen LogP contribution in [-0.4, -0.2) is 102 Å². The summed E-state index contributed by atoms with van der Waals surface area (Å²) in [4.78, 5) is 57.6. The zero-order valence-electron chi connectivity index (χ0n) is 35.9. The van der Waals surface area contributed by atoms with Crippen molar-refractivity contribution >= 4 is 46.2 Å². The molecule has 3 aromatic carbocycles. The molecule has 3 aromatic heterocycles. The molecule has 3 N–H and O–H groups in total. The van der Waals surface area contributed by atoms with Crippen molar-refractivity contribution in [2.45, 2.75) is 77.0 Å². The van der Waals surface area contributed by atoms with Crippen molar-refractivity contribution < 1.29 is 37.4 Å².